The van der Waals surface area contributed by atoms with Gasteiger partial charge in [0.25, 0.3) is 0 Å². The average Bonchev–Trinajstić information content (AvgIpc) is 2.46. The van der Waals surface area contributed by atoms with Gasteiger partial charge in [-0.2, -0.15) is 0 Å². The summed E-state index contributed by atoms with van der Waals surface area (Å²) in [4.78, 5) is 0. The molecule has 0 saturated heterocycles. The van der Waals surface area contributed by atoms with Crippen LogP contribution in [0.1, 0.15) is 29.2 Å². The molecule has 0 saturated carbocycles. The lowest BCUT2D eigenvalue weighted by Crippen LogP contribution is -2.09. The van der Waals surface area contributed by atoms with E-state index in [9.17, 15) is 5.11 Å². The van der Waals surface area contributed by atoms with Crippen molar-refractivity contribution in [2.45, 2.75) is 18.9 Å². The van der Waals surface area contributed by atoms with E-state index in [4.69, 9.17) is 16.3 Å². The highest BCUT2D eigenvalue weighted by Gasteiger charge is 2.17. The largest absolute Gasteiger partial charge is 0.493 e. The lowest BCUT2D eigenvalue weighted by molar-refractivity contribution is 0.219. The third kappa shape index (κ3) is 2.71. The van der Waals surface area contributed by atoms with Gasteiger partial charge in [-0.3, -0.25) is 0 Å². The van der Waals surface area contributed by atoms with E-state index in [1.54, 1.807) is 6.07 Å². The molecule has 0 aromatic heterocycles. The van der Waals surface area contributed by atoms with Crippen LogP contribution in [0.3, 0.4) is 0 Å². The van der Waals surface area contributed by atoms with Gasteiger partial charge in [0.05, 0.1) is 6.61 Å². The molecule has 104 valence electrons. The maximum Gasteiger partial charge on any atom is 0.122 e. The molecule has 1 heterocycles. The van der Waals surface area contributed by atoms with Gasteiger partial charge >= 0.3 is 0 Å². The summed E-state index contributed by atoms with van der Waals surface area (Å²) in [6.07, 6.45) is 1.29. The number of hydrogen-bond acceptors (Lipinski definition) is 2. The van der Waals surface area contributed by atoms with E-state index in [2.05, 4.69) is 15.9 Å². The number of aryl methyl sites for hydroxylation is 1. The minimum atomic E-state index is -0.720. The van der Waals surface area contributed by atoms with Crippen molar-refractivity contribution in [3.05, 3.63) is 62.6 Å². The molecule has 2 aromatic carbocycles. The second kappa shape index (κ2) is 5.76. The van der Waals surface area contributed by atoms with Gasteiger partial charge in [0.1, 0.15) is 11.9 Å². The first kappa shape index (κ1) is 13.9. The summed E-state index contributed by atoms with van der Waals surface area (Å²) < 4.78 is 6.49. The number of hydrogen-bond donors (Lipinski definition) is 1. The van der Waals surface area contributed by atoms with Crippen LogP contribution in [0.4, 0.5) is 0 Å². The molecule has 0 aliphatic carbocycles. The first-order chi connectivity index (χ1) is 9.65. The van der Waals surface area contributed by atoms with E-state index in [0.29, 0.717) is 10.6 Å². The quantitative estimate of drug-likeness (QED) is 0.861. The van der Waals surface area contributed by atoms with Crippen molar-refractivity contribution < 1.29 is 9.84 Å². The van der Waals surface area contributed by atoms with Crippen molar-refractivity contribution in [3.63, 3.8) is 0 Å². The number of rotatable bonds is 2. The number of fused-ring (bicyclic) bond motifs is 1. The molecule has 1 atom stereocenters. The fraction of sp³-hybridized carbons (Fsp3) is 0.250. The predicted molar refractivity (Wildman–Crippen MR) is 83.5 cm³/mol. The molecule has 0 amide bonds. The summed E-state index contributed by atoms with van der Waals surface area (Å²) >= 11 is 9.57. The minimum Gasteiger partial charge on any atom is -0.493 e. The van der Waals surface area contributed by atoms with E-state index >= 15 is 0 Å². The van der Waals surface area contributed by atoms with Crippen molar-refractivity contribution in [1.82, 2.24) is 0 Å². The molecule has 0 fully saturated rings. The molecule has 1 unspecified atom stereocenters. The maximum absolute atomic E-state index is 10.5. The van der Waals surface area contributed by atoms with Crippen molar-refractivity contribution in [2.75, 3.05) is 6.61 Å². The topological polar surface area (TPSA) is 29.5 Å². The predicted octanol–water partition coefficient (Wildman–Crippen LogP) is 4.51. The van der Waals surface area contributed by atoms with Gasteiger partial charge in [-0.1, -0.05) is 39.7 Å². The van der Waals surface area contributed by atoms with Gasteiger partial charge in [0, 0.05) is 15.1 Å². The van der Waals surface area contributed by atoms with Gasteiger partial charge < -0.3 is 9.84 Å². The molecule has 3 rings (SSSR count). The Bertz CT molecular complexity index is 642. The fourth-order valence-corrected chi connectivity index (χ4v) is 3.23. The van der Waals surface area contributed by atoms with E-state index < -0.39 is 6.10 Å². The van der Waals surface area contributed by atoms with Crippen molar-refractivity contribution in [1.29, 1.82) is 0 Å². The van der Waals surface area contributed by atoms with Crippen LogP contribution >= 0.6 is 27.5 Å². The van der Waals surface area contributed by atoms with Gasteiger partial charge in [0.15, 0.2) is 0 Å². The smallest absolute Gasteiger partial charge is 0.122 e. The van der Waals surface area contributed by atoms with Crippen LogP contribution < -0.4 is 4.74 Å². The number of ether oxygens (including phenoxy) is 1. The molecule has 1 N–H and O–H groups in total. The summed E-state index contributed by atoms with van der Waals surface area (Å²) in [5.41, 5.74) is 2.71. The highest BCUT2D eigenvalue weighted by molar-refractivity contribution is 9.10. The molecule has 2 aromatic rings. The first-order valence-corrected chi connectivity index (χ1v) is 7.71. The van der Waals surface area contributed by atoms with Crippen LogP contribution in [0.5, 0.6) is 5.75 Å². The highest BCUT2D eigenvalue weighted by Crippen LogP contribution is 2.33. The molecular formula is C16H14BrClO2. The third-order valence-corrected chi connectivity index (χ3v) is 4.33. The van der Waals surface area contributed by atoms with Crippen LogP contribution in [0, 0.1) is 0 Å². The van der Waals surface area contributed by atoms with E-state index in [1.165, 1.54) is 0 Å². The van der Waals surface area contributed by atoms with Crippen LogP contribution in [0.2, 0.25) is 5.02 Å². The number of aliphatic hydroxyl groups is 1. The first-order valence-electron chi connectivity index (χ1n) is 6.54. The SMILES string of the molecule is OC(c1ccc2c(c1)CCCO2)c1ccc(Br)cc1Cl. The second-order valence-electron chi connectivity index (χ2n) is 4.89. The Labute approximate surface area is 131 Å². The van der Waals surface area contributed by atoms with Crippen LogP contribution in [0.15, 0.2) is 40.9 Å². The monoisotopic (exact) mass is 352 g/mol. The van der Waals surface area contributed by atoms with E-state index in [-0.39, 0.29) is 0 Å². The third-order valence-electron chi connectivity index (χ3n) is 3.51. The Morgan fingerprint density at radius 2 is 2.05 bits per heavy atom. The van der Waals surface area contributed by atoms with Gasteiger partial charge in [0.2, 0.25) is 0 Å². The number of aliphatic hydroxyl groups excluding tert-OH is 1. The standard InChI is InChI=1S/C16H14BrClO2/c17-12-4-5-13(14(18)9-12)16(19)11-3-6-15-10(8-11)2-1-7-20-15/h3-6,8-9,16,19H,1-2,7H2. The normalized spacial score (nSPS) is 15.3. The van der Waals surface area contributed by atoms with Gasteiger partial charge in [-0.25, -0.2) is 0 Å². The number of halogens is 2. The lowest BCUT2D eigenvalue weighted by atomic mass is 9.97. The fourth-order valence-electron chi connectivity index (χ4n) is 2.45. The molecule has 0 spiro atoms. The molecule has 1 aliphatic heterocycles. The van der Waals surface area contributed by atoms with Crippen LogP contribution in [0.25, 0.3) is 0 Å². The summed E-state index contributed by atoms with van der Waals surface area (Å²) in [7, 11) is 0. The summed E-state index contributed by atoms with van der Waals surface area (Å²) in [6, 6.07) is 11.4. The number of benzene rings is 2. The maximum atomic E-state index is 10.5. The van der Waals surface area contributed by atoms with Crippen molar-refractivity contribution in [2.24, 2.45) is 0 Å². The minimum absolute atomic E-state index is 0.556. The zero-order valence-corrected chi connectivity index (χ0v) is 13.1. The second-order valence-corrected chi connectivity index (χ2v) is 6.21. The molecule has 1 aliphatic rings. The van der Waals surface area contributed by atoms with E-state index in [1.807, 2.05) is 30.3 Å². The van der Waals surface area contributed by atoms with Crippen molar-refractivity contribution >= 4 is 27.5 Å². The molecule has 0 radical (unpaired) electrons. The van der Waals surface area contributed by atoms with Gasteiger partial charge in [-0.15, -0.1) is 0 Å². The molecule has 4 heteroatoms. The molecular weight excluding hydrogens is 340 g/mol. The Hall–Kier alpha value is -1.03. The molecule has 20 heavy (non-hydrogen) atoms. The summed E-state index contributed by atoms with van der Waals surface area (Å²) in [5, 5.41) is 11.1. The summed E-state index contributed by atoms with van der Waals surface area (Å²) in [5.74, 6) is 0.925. The Morgan fingerprint density at radius 1 is 1.20 bits per heavy atom. The Morgan fingerprint density at radius 3 is 2.85 bits per heavy atom. The van der Waals surface area contributed by atoms with E-state index in [0.717, 1.165) is 40.8 Å². The highest BCUT2D eigenvalue weighted by atomic mass is 79.9. The average molecular weight is 354 g/mol. The zero-order chi connectivity index (χ0) is 14.1. The lowest BCUT2D eigenvalue weighted by Gasteiger charge is -2.20. The molecule has 2 nitrogen and oxygen atoms in total. The summed E-state index contributed by atoms with van der Waals surface area (Å²) in [6.45, 7) is 0.771. The van der Waals surface area contributed by atoms with Crippen LogP contribution in [-0.4, -0.2) is 11.7 Å². The van der Waals surface area contributed by atoms with Crippen LogP contribution in [-0.2, 0) is 6.42 Å². The van der Waals surface area contributed by atoms with Crippen molar-refractivity contribution in [3.8, 4) is 5.75 Å². The Kier molecular flexibility index (Phi) is 4.01. The molecule has 0 bridgehead atoms. The van der Waals surface area contributed by atoms with Gasteiger partial charge in [-0.05, 0) is 48.2 Å². The zero-order valence-electron chi connectivity index (χ0n) is 10.8. The Balaban J connectivity index is 1.95.